The van der Waals surface area contributed by atoms with Crippen molar-refractivity contribution in [2.75, 3.05) is 6.54 Å². The van der Waals surface area contributed by atoms with Crippen LogP contribution in [0.2, 0.25) is 0 Å². The van der Waals surface area contributed by atoms with Crippen molar-refractivity contribution < 1.29 is 8.42 Å². The lowest BCUT2D eigenvalue weighted by Crippen LogP contribution is -2.25. The van der Waals surface area contributed by atoms with Crippen molar-refractivity contribution in [2.45, 2.75) is 49.7 Å². The Morgan fingerprint density at radius 3 is 2.63 bits per heavy atom. The summed E-state index contributed by atoms with van der Waals surface area (Å²) in [5, 5.41) is 0. The van der Waals surface area contributed by atoms with E-state index < -0.39 is 10.0 Å². The molecule has 1 aliphatic rings. The van der Waals surface area contributed by atoms with Crippen LogP contribution in [0.25, 0.3) is 0 Å². The molecule has 7 heteroatoms. The van der Waals surface area contributed by atoms with Gasteiger partial charge in [0.1, 0.15) is 0 Å². The fourth-order valence-electron chi connectivity index (χ4n) is 2.61. The smallest absolute Gasteiger partial charge is 0.305 e. The first-order valence-electron chi connectivity index (χ1n) is 6.68. The number of aryl methyl sites for hydroxylation is 1. The number of hydrogen-bond donors (Lipinski definition) is 2. The molecular weight excluding hydrogens is 284 g/mol. The highest BCUT2D eigenvalue weighted by Crippen LogP contribution is 2.28. The van der Waals surface area contributed by atoms with E-state index in [4.69, 9.17) is 0 Å². The van der Waals surface area contributed by atoms with Crippen molar-refractivity contribution in [2.24, 2.45) is 5.92 Å². The van der Waals surface area contributed by atoms with Gasteiger partial charge in [-0.05, 0) is 25.7 Å². The predicted octanol–water partition coefficient (Wildman–Crippen LogP) is 1.99. The minimum atomic E-state index is -3.53. The van der Waals surface area contributed by atoms with E-state index in [1.165, 1.54) is 25.7 Å². The number of thiazole rings is 1. The van der Waals surface area contributed by atoms with Crippen molar-refractivity contribution in [1.82, 2.24) is 9.71 Å². The van der Waals surface area contributed by atoms with Crippen molar-refractivity contribution in [3.05, 3.63) is 15.4 Å². The molecule has 0 aliphatic heterocycles. The van der Waals surface area contributed by atoms with Crippen molar-refractivity contribution in [3.63, 3.8) is 0 Å². The Labute approximate surface area is 117 Å². The van der Waals surface area contributed by atoms with Gasteiger partial charge in [0.05, 0.1) is 0 Å². The van der Waals surface area contributed by atoms with E-state index in [0.29, 0.717) is 12.2 Å². The zero-order valence-electron chi connectivity index (χ0n) is 11.1. The van der Waals surface area contributed by atoms with Gasteiger partial charge in [-0.3, -0.25) is 4.79 Å². The fraction of sp³-hybridized carbons (Fsp3) is 0.750. The molecule has 5 nitrogen and oxygen atoms in total. The molecule has 1 saturated carbocycles. The molecule has 0 radical (unpaired) electrons. The molecule has 0 unspecified atom stereocenters. The molecule has 0 bridgehead atoms. The summed E-state index contributed by atoms with van der Waals surface area (Å²) in [6, 6.07) is 0. The first-order valence-corrected chi connectivity index (χ1v) is 8.98. The van der Waals surface area contributed by atoms with Gasteiger partial charge in [-0.2, -0.15) is 0 Å². The van der Waals surface area contributed by atoms with Gasteiger partial charge in [-0.25, -0.2) is 13.1 Å². The van der Waals surface area contributed by atoms with E-state index in [0.717, 1.165) is 30.1 Å². The van der Waals surface area contributed by atoms with Gasteiger partial charge >= 0.3 is 4.87 Å². The standard InChI is InChI=1S/C12H20N2O3S2/c1-9-11(18-12(15)14-9)19(16,17)13-8-4-7-10-5-2-3-6-10/h10,13H,2-8H2,1H3,(H,14,15). The van der Waals surface area contributed by atoms with Crippen molar-refractivity contribution in [1.29, 1.82) is 0 Å². The number of aromatic amines is 1. The third-order valence-electron chi connectivity index (χ3n) is 3.58. The van der Waals surface area contributed by atoms with E-state index in [2.05, 4.69) is 9.71 Å². The molecule has 19 heavy (non-hydrogen) atoms. The molecule has 1 aromatic heterocycles. The van der Waals surface area contributed by atoms with Crippen LogP contribution in [0.5, 0.6) is 0 Å². The number of rotatable bonds is 6. The second-order valence-electron chi connectivity index (χ2n) is 5.12. The number of sulfonamides is 1. The summed E-state index contributed by atoms with van der Waals surface area (Å²) in [5.74, 6) is 0.773. The third-order valence-corrected chi connectivity index (χ3v) is 6.65. The highest BCUT2D eigenvalue weighted by atomic mass is 32.2. The highest BCUT2D eigenvalue weighted by molar-refractivity contribution is 7.91. The van der Waals surface area contributed by atoms with E-state index in [9.17, 15) is 13.2 Å². The Morgan fingerprint density at radius 2 is 2.05 bits per heavy atom. The molecule has 0 saturated heterocycles. The minimum Gasteiger partial charge on any atom is -0.315 e. The molecule has 2 rings (SSSR count). The molecular formula is C12H20N2O3S2. The van der Waals surface area contributed by atoms with Gasteiger partial charge in [0.15, 0.2) is 4.21 Å². The number of hydrogen-bond acceptors (Lipinski definition) is 4. The topological polar surface area (TPSA) is 79.0 Å². The molecule has 0 amide bonds. The third kappa shape index (κ3) is 3.90. The predicted molar refractivity (Wildman–Crippen MR) is 76.1 cm³/mol. The maximum absolute atomic E-state index is 12.0. The van der Waals surface area contributed by atoms with E-state index in [1.54, 1.807) is 6.92 Å². The van der Waals surface area contributed by atoms with Crippen LogP contribution in [0, 0.1) is 12.8 Å². The van der Waals surface area contributed by atoms with Gasteiger partial charge in [-0.15, -0.1) is 0 Å². The SMILES string of the molecule is Cc1[nH]c(=O)sc1S(=O)(=O)NCCCC1CCCC1. The Balaban J connectivity index is 1.84. The van der Waals surface area contributed by atoms with Crippen LogP contribution in [-0.2, 0) is 10.0 Å². The monoisotopic (exact) mass is 304 g/mol. The maximum Gasteiger partial charge on any atom is 0.305 e. The zero-order valence-corrected chi connectivity index (χ0v) is 12.7. The van der Waals surface area contributed by atoms with Crippen LogP contribution in [0.3, 0.4) is 0 Å². The van der Waals surface area contributed by atoms with Crippen LogP contribution >= 0.6 is 11.3 Å². The zero-order chi connectivity index (χ0) is 13.9. The second kappa shape index (κ2) is 6.19. The number of aromatic nitrogens is 1. The summed E-state index contributed by atoms with van der Waals surface area (Å²) in [4.78, 5) is 13.3. The first-order chi connectivity index (χ1) is 8.99. The van der Waals surface area contributed by atoms with Gasteiger partial charge in [0.2, 0.25) is 0 Å². The fourth-order valence-corrected chi connectivity index (χ4v) is 5.03. The summed E-state index contributed by atoms with van der Waals surface area (Å²) in [6.45, 7) is 2.05. The lowest BCUT2D eigenvalue weighted by Gasteiger charge is -2.09. The van der Waals surface area contributed by atoms with Gasteiger partial charge in [0.25, 0.3) is 10.0 Å². The van der Waals surface area contributed by atoms with Crippen molar-refractivity contribution in [3.8, 4) is 0 Å². The average Bonchev–Trinajstić information content (AvgIpc) is 2.94. The minimum absolute atomic E-state index is 0.110. The molecule has 2 N–H and O–H groups in total. The normalized spacial score (nSPS) is 17.1. The largest absolute Gasteiger partial charge is 0.315 e. The average molecular weight is 304 g/mol. The summed E-state index contributed by atoms with van der Waals surface area (Å²) in [7, 11) is -3.53. The van der Waals surface area contributed by atoms with E-state index in [1.807, 2.05) is 0 Å². The quantitative estimate of drug-likeness (QED) is 0.789. The lowest BCUT2D eigenvalue weighted by atomic mass is 10.0. The maximum atomic E-state index is 12.0. The Kier molecular flexibility index (Phi) is 4.81. The van der Waals surface area contributed by atoms with Crippen LogP contribution < -0.4 is 9.60 Å². The molecule has 1 fully saturated rings. The first kappa shape index (κ1) is 14.7. The molecule has 1 aliphatic carbocycles. The van der Waals surface area contributed by atoms with Crippen LogP contribution in [0.4, 0.5) is 0 Å². The number of H-pyrrole nitrogens is 1. The van der Waals surface area contributed by atoms with Crippen LogP contribution in [0.1, 0.15) is 44.2 Å². The Hall–Kier alpha value is -0.660. The molecule has 0 aromatic carbocycles. The van der Waals surface area contributed by atoms with E-state index >= 15 is 0 Å². The summed E-state index contributed by atoms with van der Waals surface area (Å²) in [5.41, 5.74) is 0.415. The Morgan fingerprint density at radius 1 is 1.37 bits per heavy atom. The number of nitrogens with one attached hydrogen (secondary N) is 2. The molecule has 0 atom stereocenters. The van der Waals surface area contributed by atoms with Crippen LogP contribution in [0.15, 0.2) is 9.00 Å². The Bertz CT molecular complexity index is 568. The van der Waals surface area contributed by atoms with Gasteiger partial charge in [-0.1, -0.05) is 37.0 Å². The van der Waals surface area contributed by atoms with Gasteiger partial charge in [0, 0.05) is 12.2 Å². The van der Waals surface area contributed by atoms with Crippen molar-refractivity contribution >= 4 is 21.4 Å². The summed E-state index contributed by atoms with van der Waals surface area (Å²) < 4.78 is 26.7. The molecule has 108 valence electrons. The molecule has 1 aromatic rings. The van der Waals surface area contributed by atoms with E-state index in [-0.39, 0.29) is 9.08 Å². The second-order valence-corrected chi connectivity index (χ2v) is 8.06. The lowest BCUT2D eigenvalue weighted by molar-refractivity contribution is 0.480. The van der Waals surface area contributed by atoms with Crippen LogP contribution in [-0.4, -0.2) is 19.9 Å². The highest BCUT2D eigenvalue weighted by Gasteiger charge is 2.20. The molecule has 0 spiro atoms. The van der Waals surface area contributed by atoms with Gasteiger partial charge < -0.3 is 4.98 Å². The summed E-state index contributed by atoms with van der Waals surface area (Å²) >= 11 is 0.743. The summed E-state index contributed by atoms with van der Waals surface area (Å²) in [6.07, 6.45) is 7.14. The molecule has 1 heterocycles.